The predicted molar refractivity (Wildman–Crippen MR) is 48.2 cm³/mol. The van der Waals surface area contributed by atoms with Gasteiger partial charge in [-0.2, -0.15) is 5.26 Å². The molecular weight excluding hydrogens is 258 g/mol. The molecule has 0 atom stereocenters. The minimum atomic E-state index is -2.69. The van der Waals surface area contributed by atoms with Crippen LogP contribution in [-0.4, -0.2) is 12.1 Å². The Bertz CT molecular complexity index is 390. The van der Waals surface area contributed by atoms with Crippen LogP contribution in [0.1, 0.15) is 17.7 Å². The number of rotatable bonds is 2. The van der Waals surface area contributed by atoms with Gasteiger partial charge in [-0.3, -0.25) is 0 Å². The molecule has 1 aromatic rings. The highest BCUT2D eigenvalue weighted by atomic mass is 79.9. The van der Waals surface area contributed by atoms with Gasteiger partial charge in [0.25, 0.3) is 6.43 Å². The Morgan fingerprint density at radius 3 is 2.71 bits per heavy atom. The van der Waals surface area contributed by atoms with Crippen molar-refractivity contribution in [3.63, 3.8) is 0 Å². The lowest BCUT2D eigenvalue weighted by atomic mass is 10.2. The van der Waals surface area contributed by atoms with E-state index < -0.39 is 12.1 Å². The maximum atomic E-state index is 12.3. The number of nitriles is 1. The van der Waals surface area contributed by atoms with Gasteiger partial charge in [0.05, 0.1) is 7.11 Å². The number of pyridine rings is 1. The van der Waals surface area contributed by atoms with E-state index in [9.17, 15) is 8.78 Å². The summed E-state index contributed by atoms with van der Waals surface area (Å²) < 4.78 is 29.4. The van der Waals surface area contributed by atoms with Gasteiger partial charge in [0.1, 0.15) is 27.7 Å². The quantitative estimate of drug-likeness (QED) is 0.770. The van der Waals surface area contributed by atoms with Crippen LogP contribution in [0.5, 0.6) is 5.75 Å². The number of aromatic nitrogens is 1. The lowest BCUT2D eigenvalue weighted by molar-refractivity contribution is 0.145. The maximum absolute atomic E-state index is 12.3. The smallest absolute Gasteiger partial charge is 0.280 e. The Hall–Kier alpha value is -1.22. The topological polar surface area (TPSA) is 45.9 Å². The first-order valence-corrected chi connectivity index (χ1v) is 4.32. The SMILES string of the molecule is COc1cc(C(F)F)nc(Br)c1C#N. The molecule has 0 aromatic carbocycles. The zero-order chi connectivity index (χ0) is 10.7. The summed E-state index contributed by atoms with van der Waals surface area (Å²) in [7, 11) is 1.30. The molecule has 3 nitrogen and oxygen atoms in total. The summed E-state index contributed by atoms with van der Waals surface area (Å²) in [6, 6.07) is 2.85. The van der Waals surface area contributed by atoms with Crippen molar-refractivity contribution in [3.8, 4) is 11.8 Å². The van der Waals surface area contributed by atoms with Gasteiger partial charge in [-0.15, -0.1) is 0 Å². The second-order valence-electron chi connectivity index (χ2n) is 2.33. The Morgan fingerprint density at radius 2 is 2.29 bits per heavy atom. The highest BCUT2D eigenvalue weighted by Gasteiger charge is 2.16. The van der Waals surface area contributed by atoms with E-state index in [0.717, 1.165) is 6.07 Å². The Balaban J connectivity index is 3.33. The number of halogens is 3. The fraction of sp³-hybridized carbons (Fsp3) is 0.250. The summed E-state index contributed by atoms with van der Waals surface area (Å²) in [6.45, 7) is 0. The lowest BCUT2D eigenvalue weighted by Gasteiger charge is -2.06. The third-order valence-electron chi connectivity index (χ3n) is 1.51. The van der Waals surface area contributed by atoms with Gasteiger partial charge in [-0.1, -0.05) is 0 Å². The molecule has 0 bridgehead atoms. The predicted octanol–water partition coefficient (Wildman–Crippen LogP) is 2.66. The van der Waals surface area contributed by atoms with Crippen molar-refractivity contribution in [1.29, 1.82) is 5.26 Å². The van der Waals surface area contributed by atoms with Gasteiger partial charge in [0, 0.05) is 6.07 Å². The Morgan fingerprint density at radius 1 is 1.64 bits per heavy atom. The molecule has 0 saturated carbocycles. The highest BCUT2D eigenvalue weighted by molar-refractivity contribution is 9.10. The Kier molecular flexibility index (Phi) is 3.36. The first kappa shape index (κ1) is 10.9. The number of nitrogens with zero attached hydrogens (tertiary/aromatic N) is 2. The van der Waals surface area contributed by atoms with Crippen LogP contribution >= 0.6 is 15.9 Å². The van der Waals surface area contributed by atoms with E-state index >= 15 is 0 Å². The van der Waals surface area contributed by atoms with E-state index in [1.165, 1.54) is 7.11 Å². The average molecular weight is 263 g/mol. The molecule has 0 N–H and O–H groups in total. The minimum absolute atomic E-state index is 0.0645. The molecule has 0 aliphatic rings. The van der Waals surface area contributed by atoms with Crippen molar-refractivity contribution in [2.24, 2.45) is 0 Å². The van der Waals surface area contributed by atoms with Crippen molar-refractivity contribution in [3.05, 3.63) is 21.9 Å². The van der Waals surface area contributed by atoms with Crippen LogP contribution in [0, 0.1) is 11.3 Å². The van der Waals surface area contributed by atoms with E-state index in [1.807, 2.05) is 0 Å². The van der Waals surface area contributed by atoms with E-state index in [2.05, 4.69) is 20.9 Å². The number of methoxy groups -OCH3 is 1. The van der Waals surface area contributed by atoms with Gasteiger partial charge in [0.15, 0.2) is 0 Å². The van der Waals surface area contributed by atoms with Crippen LogP contribution in [0.3, 0.4) is 0 Å². The van der Waals surface area contributed by atoms with E-state index in [1.54, 1.807) is 6.07 Å². The summed E-state index contributed by atoms with van der Waals surface area (Å²) in [5.41, 5.74) is -0.315. The van der Waals surface area contributed by atoms with E-state index in [-0.39, 0.29) is 15.9 Å². The second kappa shape index (κ2) is 4.33. The molecule has 1 heterocycles. The number of alkyl halides is 2. The zero-order valence-electron chi connectivity index (χ0n) is 7.09. The summed E-state index contributed by atoms with van der Waals surface area (Å²) in [5, 5.41) is 8.67. The molecule has 1 aromatic heterocycles. The molecule has 0 unspecified atom stereocenters. The molecule has 1 rings (SSSR count). The van der Waals surface area contributed by atoms with Crippen molar-refractivity contribution in [1.82, 2.24) is 4.98 Å². The molecule has 14 heavy (non-hydrogen) atoms. The van der Waals surface area contributed by atoms with Gasteiger partial charge in [-0.25, -0.2) is 13.8 Å². The number of hydrogen-bond donors (Lipinski definition) is 0. The molecule has 6 heteroatoms. The van der Waals surface area contributed by atoms with E-state index in [0.29, 0.717) is 0 Å². The fourth-order valence-electron chi connectivity index (χ4n) is 0.884. The van der Waals surface area contributed by atoms with Crippen LogP contribution in [0.25, 0.3) is 0 Å². The van der Waals surface area contributed by atoms with Gasteiger partial charge < -0.3 is 4.74 Å². The third-order valence-corrected chi connectivity index (χ3v) is 2.09. The van der Waals surface area contributed by atoms with Crippen molar-refractivity contribution >= 4 is 15.9 Å². The molecular formula is C8H5BrF2N2O. The summed E-state index contributed by atoms with van der Waals surface area (Å²) in [6.07, 6.45) is -2.69. The van der Waals surface area contributed by atoms with Crippen LogP contribution in [0.2, 0.25) is 0 Å². The zero-order valence-corrected chi connectivity index (χ0v) is 8.68. The highest BCUT2D eigenvalue weighted by Crippen LogP contribution is 2.29. The minimum Gasteiger partial charge on any atom is -0.495 e. The van der Waals surface area contributed by atoms with Crippen LogP contribution < -0.4 is 4.74 Å². The number of ether oxygens (including phenoxy) is 1. The first-order chi connectivity index (χ1) is 6.60. The van der Waals surface area contributed by atoms with Crippen molar-refractivity contribution in [2.45, 2.75) is 6.43 Å². The summed E-state index contributed by atoms with van der Waals surface area (Å²) in [5.74, 6) is 0.0877. The molecule has 0 aliphatic carbocycles. The van der Waals surface area contributed by atoms with Crippen molar-refractivity contribution in [2.75, 3.05) is 7.11 Å². The standard InChI is InChI=1S/C8H5BrF2N2O/c1-14-6-2-5(8(10)11)13-7(9)4(6)3-12/h2,8H,1H3. The lowest BCUT2D eigenvalue weighted by Crippen LogP contribution is -1.97. The van der Waals surface area contributed by atoms with Gasteiger partial charge >= 0.3 is 0 Å². The summed E-state index contributed by atoms with van der Waals surface area (Å²) >= 11 is 2.92. The largest absolute Gasteiger partial charge is 0.495 e. The van der Waals surface area contributed by atoms with Crippen LogP contribution in [0.4, 0.5) is 8.78 Å². The Labute approximate surface area is 87.5 Å². The maximum Gasteiger partial charge on any atom is 0.280 e. The normalized spacial score (nSPS) is 10.0. The van der Waals surface area contributed by atoms with Crippen LogP contribution in [-0.2, 0) is 0 Å². The summed E-state index contributed by atoms with van der Waals surface area (Å²) in [4.78, 5) is 3.52. The second-order valence-corrected chi connectivity index (χ2v) is 3.08. The molecule has 0 spiro atoms. The monoisotopic (exact) mass is 262 g/mol. The average Bonchev–Trinajstić information content (AvgIpc) is 2.16. The molecule has 0 amide bonds. The first-order valence-electron chi connectivity index (χ1n) is 3.52. The molecule has 0 fully saturated rings. The molecule has 74 valence electrons. The number of hydrogen-bond acceptors (Lipinski definition) is 3. The van der Waals surface area contributed by atoms with Gasteiger partial charge in [-0.05, 0) is 15.9 Å². The van der Waals surface area contributed by atoms with Crippen LogP contribution in [0.15, 0.2) is 10.7 Å². The third kappa shape index (κ3) is 1.99. The van der Waals surface area contributed by atoms with Gasteiger partial charge in [0.2, 0.25) is 0 Å². The van der Waals surface area contributed by atoms with E-state index in [4.69, 9.17) is 10.00 Å². The molecule has 0 radical (unpaired) electrons. The fourth-order valence-corrected chi connectivity index (χ4v) is 1.37. The van der Waals surface area contributed by atoms with Crippen molar-refractivity contribution < 1.29 is 13.5 Å². The molecule has 0 aliphatic heterocycles. The molecule has 0 saturated heterocycles.